The molecule has 1 aliphatic heterocycles. The van der Waals surface area contributed by atoms with Gasteiger partial charge in [-0.25, -0.2) is 0 Å². The van der Waals surface area contributed by atoms with Crippen LogP contribution >= 0.6 is 0 Å². The van der Waals surface area contributed by atoms with Crippen molar-refractivity contribution in [3.63, 3.8) is 0 Å². The molecule has 1 aliphatic rings. The molecule has 1 heterocycles. The van der Waals surface area contributed by atoms with E-state index in [0.717, 1.165) is 25.9 Å². The van der Waals surface area contributed by atoms with Crippen LogP contribution in [0.25, 0.3) is 0 Å². The summed E-state index contributed by atoms with van der Waals surface area (Å²) in [6, 6.07) is 0.388. The van der Waals surface area contributed by atoms with E-state index in [0.29, 0.717) is 12.6 Å². The van der Waals surface area contributed by atoms with Gasteiger partial charge in [0, 0.05) is 19.1 Å². The fourth-order valence-electron chi connectivity index (χ4n) is 2.06. The normalized spacial score (nSPS) is 19.1. The van der Waals surface area contributed by atoms with Crippen molar-refractivity contribution in [1.29, 1.82) is 0 Å². The summed E-state index contributed by atoms with van der Waals surface area (Å²) in [6.07, 6.45) is 3.40. The number of likely N-dealkylation sites (N-methyl/N-ethyl adjacent to an activating group) is 1. The monoisotopic (exact) mass is 213 g/mol. The first-order valence-electron chi connectivity index (χ1n) is 5.92. The number of likely N-dealkylation sites (tertiary alicyclic amines) is 1. The largest absolute Gasteiger partial charge is 0.352 e. The standard InChI is InChI=1S/C11H23N3O/c1-3-6-14-7-4-10(5-8-14)13-11(15)9-12-2/h10,12H,3-9H2,1-2H3,(H,13,15). The van der Waals surface area contributed by atoms with Gasteiger partial charge in [0.25, 0.3) is 0 Å². The van der Waals surface area contributed by atoms with Crippen LogP contribution in [0.15, 0.2) is 0 Å². The van der Waals surface area contributed by atoms with Crippen molar-refractivity contribution < 1.29 is 4.79 Å². The van der Waals surface area contributed by atoms with Crippen LogP contribution in [0.5, 0.6) is 0 Å². The quantitative estimate of drug-likeness (QED) is 0.685. The molecule has 1 amide bonds. The van der Waals surface area contributed by atoms with Crippen molar-refractivity contribution in [3.8, 4) is 0 Å². The Morgan fingerprint density at radius 2 is 2.07 bits per heavy atom. The Labute approximate surface area is 92.4 Å². The number of nitrogens with zero attached hydrogens (tertiary/aromatic N) is 1. The van der Waals surface area contributed by atoms with Crippen molar-refractivity contribution in [2.24, 2.45) is 0 Å². The lowest BCUT2D eigenvalue weighted by atomic mass is 10.0. The van der Waals surface area contributed by atoms with Gasteiger partial charge in [-0.1, -0.05) is 6.92 Å². The molecule has 15 heavy (non-hydrogen) atoms. The molecular formula is C11H23N3O. The number of rotatable bonds is 5. The van der Waals surface area contributed by atoms with Crippen LogP contribution < -0.4 is 10.6 Å². The molecule has 0 atom stereocenters. The summed E-state index contributed by atoms with van der Waals surface area (Å²) in [5.41, 5.74) is 0. The predicted molar refractivity (Wildman–Crippen MR) is 61.8 cm³/mol. The predicted octanol–water partition coefficient (Wildman–Crippen LogP) is 0.196. The highest BCUT2D eigenvalue weighted by Crippen LogP contribution is 2.10. The Balaban J connectivity index is 2.16. The lowest BCUT2D eigenvalue weighted by molar-refractivity contribution is -0.121. The summed E-state index contributed by atoms with van der Waals surface area (Å²) < 4.78 is 0. The van der Waals surface area contributed by atoms with E-state index in [9.17, 15) is 4.79 Å². The number of carbonyl (C=O) groups is 1. The summed E-state index contributed by atoms with van der Waals surface area (Å²) in [4.78, 5) is 13.8. The second-order valence-electron chi connectivity index (χ2n) is 4.21. The molecule has 0 saturated carbocycles. The van der Waals surface area contributed by atoms with Crippen LogP contribution in [0.1, 0.15) is 26.2 Å². The fraction of sp³-hybridized carbons (Fsp3) is 0.909. The third-order valence-electron chi connectivity index (χ3n) is 2.83. The van der Waals surface area contributed by atoms with Crippen molar-refractivity contribution in [3.05, 3.63) is 0 Å². The second-order valence-corrected chi connectivity index (χ2v) is 4.21. The van der Waals surface area contributed by atoms with Gasteiger partial charge in [-0.3, -0.25) is 4.79 Å². The fourth-order valence-corrected chi connectivity index (χ4v) is 2.06. The smallest absolute Gasteiger partial charge is 0.234 e. The lowest BCUT2D eigenvalue weighted by Gasteiger charge is -2.32. The molecule has 1 fully saturated rings. The minimum Gasteiger partial charge on any atom is -0.352 e. The van der Waals surface area contributed by atoms with E-state index in [1.165, 1.54) is 13.0 Å². The number of hydrogen-bond acceptors (Lipinski definition) is 3. The first-order valence-corrected chi connectivity index (χ1v) is 5.92. The van der Waals surface area contributed by atoms with E-state index in [2.05, 4.69) is 22.5 Å². The van der Waals surface area contributed by atoms with Gasteiger partial charge in [0.1, 0.15) is 0 Å². The highest BCUT2D eigenvalue weighted by Gasteiger charge is 2.19. The maximum Gasteiger partial charge on any atom is 0.234 e. The summed E-state index contributed by atoms with van der Waals surface area (Å²) in [5, 5.41) is 5.92. The van der Waals surface area contributed by atoms with Crippen molar-refractivity contribution >= 4 is 5.91 Å². The molecule has 2 N–H and O–H groups in total. The second kappa shape index (κ2) is 6.80. The van der Waals surface area contributed by atoms with Crippen LogP contribution in [0, 0.1) is 0 Å². The van der Waals surface area contributed by atoms with Gasteiger partial charge in [0.2, 0.25) is 5.91 Å². The van der Waals surface area contributed by atoms with Crippen LogP contribution in [-0.4, -0.2) is 50.1 Å². The Hall–Kier alpha value is -0.610. The molecule has 0 aromatic rings. The first kappa shape index (κ1) is 12.5. The molecule has 1 saturated heterocycles. The Bertz CT molecular complexity index is 188. The number of nitrogens with one attached hydrogen (secondary N) is 2. The SMILES string of the molecule is CCCN1CCC(NC(=O)CNC)CC1. The molecule has 0 spiro atoms. The summed E-state index contributed by atoms with van der Waals surface area (Å²) in [7, 11) is 1.80. The molecule has 0 unspecified atom stereocenters. The zero-order valence-corrected chi connectivity index (χ0v) is 9.88. The summed E-state index contributed by atoms with van der Waals surface area (Å²) in [5.74, 6) is 0.117. The molecule has 88 valence electrons. The van der Waals surface area contributed by atoms with E-state index in [1.54, 1.807) is 7.05 Å². The highest BCUT2D eigenvalue weighted by atomic mass is 16.1. The van der Waals surface area contributed by atoms with Crippen molar-refractivity contribution in [2.75, 3.05) is 33.2 Å². The average Bonchev–Trinajstić information content (AvgIpc) is 2.22. The molecule has 0 aliphatic carbocycles. The van der Waals surface area contributed by atoms with E-state index < -0.39 is 0 Å². The van der Waals surface area contributed by atoms with E-state index >= 15 is 0 Å². The summed E-state index contributed by atoms with van der Waals surface area (Å²) >= 11 is 0. The minimum atomic E-state index is 0.117. The zero-order valence-electron chi connectivity index (χ0n) is 9.88. The third kappa shape index (κ3) is 4.62. The highest BCUT2D eigenvalue weighted by molar-refractivity contribution is 5.78. The van der Waals surface area contributed by atoms with E-state index in [-0.39, 0.29) is 5.91 Å². The first-order chi connectivity index (χ1) is 7.26. The van der Waals surface area contributed by atoms with E-state index in [1.807, 2.05) is 0 Å². The maximum absolute atomic E-state index is 11.3. The van der Waals surface area contributed by atoms with Crippen LogP contribution in [0.2, 0.25) is 0 Å². The molecule has 0 bridgehead atoms. The van der Waals surface area contributed by atoms with Gasteiger partial charge in [-0.05, 0) is 32.9 Å². The van der Waals surface area contributed by atoms with Crippen LogP contribution in [0.4, 0.5) is 0 Å². The third-order valence-corrected chi connectivity index (χ3v) is 2.83. The van der Waals surface area contributed by atoms with Gasteiger partial charge in [0.05, 0.1) is 6.54 Å². The van der Waals surface area contributed by atoms with Gasteiger partial charge >= 0.3 is 0 Å². The van der Waals surface area contributed by atoms with Gasteiger partial charge in [0.15, 0.2) is 0 Å². The van der Waals surface area contributed by atoms with Crippen molar-refractivity contribution in [1.82, 2.24) is 15.5 Å². The Kier molecular flexibility index (Phi) is 5.65. The zero-order chi connectivity index (χ0) is 11.1. The molecule has 1 rings (SSSR count). The van der Waals surface area contributed by atoms with Gasteiger partial charge in [-0.2, -0.15) is 0 Å². The van der Waals surface area contributed by atoms with Crippen LogP contribution in [-0.2, 0) is 4.79 Å². The topological polar surface area (TPSA) is 44.4 Å². The molecule has 0 aromatic heterocycles. The average molecular weight is 213 g/mol. The minimum absolute atomic E-state index is 0.117. The molecule has 0 radical (unpaired) electrons. The lowest BCUT2D eigenvalue weighted by Crippen LogP contribution is -2.46. The number of hydrogen-bond donors (Lipinski definition) is 2. The molecule has 4 heteroatoms. The number of piperidine rings is 1. The molecule has 4 nitrogen and oxygen atoms in total. The van der Waals surface area contributed by atoms with Gasteiger partial charge in [-0.15, -0.1) is 0 Å². The molecular weight excluding hydrogens is 190 g/mol. The Morgan fingerprint density at radius 3 is 2.60 bits per heavy atom. The number of carbonyl (C=O) groups excluding carboxylic acids is 1. The van der Waals surface area contributed by atoms with Gasteiger partial charge < -0.3 is 15.5 Å². The van der Waals surface area contributed by atoms with Crippen LogP contribution in [0.3, 0.4) is 0 Å². The molecule has 0 aromatic carbocycles. The maximum atomic E-state index is 11.3. The summed E-state index contributed by atoms with van der Waals surface area (Å²) in [6.45, 7) is 6.07. The van der Waals surface area contributed by atoms with Crippen molar-refractivity contribution in [2.45, 2.75) is 32.2 Å². The Morgan fingerprint density at radius 1 is 1.40 bits per heavy atom. The number of amides is 1. The van der Waals surface area contributed by atoms with E-state index in [4.69, 9.17) is 0 Å².